The summed E-state index contributed by atoms with van der Waals surface area (Å²) in [4.78, 5) is 24.1. The van der Waals surface area contributed by atoms with E-state index < -0.39 is 5.41 Å². The highest BCUT2D eigenvalue weighted by atomic mass is 16.6. The molecule has 22 heavy (non-hydrogen) atoms. The van der Waals surface area contributed by atoms with Gasteiger partial charge in [0.1, 0.15) is 11.5 Å². The second-order valence-electron chi connectivity index (χ2n) is 6.95. The van der Waals surface area contributed by atoms with E-state index in [2.05, 4.69) is 6.92 Å². The van der Waals surface area contributed by atoms with Crippen molar-refractivity contribution in [3.8, 4) is 0 Å². The minimum absolute atomic E-state index is 0.165. The molecule has 4 heteroatoms. The number of carbonyl (C=O) groups excluding carboxylic acids is 2. The van der Waals surface area contributed by atoms with Gasteiger partial charge in [-0.3, -0.25) is 9.59 Å². The fourth-order valence-electron chi connectivity index (χ4n) is 3.29. The summed E-state index contributed by atoms with van der Waals surface area (Å²) in [6.07, 6.45) is 7.35. The summed E-state index contributed by atoms with van der Waals surface area (Å²) in [6.45, 7) is 8.07. The zero-order valence-electron chi connectivity index (χ0n) is 14.7. The molecular formula is C18H32O4. The lowest BCUT2D eigenvalue weighted by molar-refractivity contribution is -0.171. The third kappa shape index (κ3) is 5.29. The van der Waals surface area contributed by atoms with Crippen LogP contribution in [0.4, 0.5) is 0 Å². The highest BCUT2D eigenvalue weighted by molar-refractivity contribution is 5.79. The van der Waals surface area contributed by atoms with Gasteiger partial charge in [0, 0.05) is 6.92 Å². The number of unbranched alkanes of at least 4 members (excludes halogenated alkanes) is 3. The normalized spacial score (nSPS) is 24.5. The second-order valence-corrected chi connectivity index (χ2v) is 6.95. The van der Waals surface area contributed by atoms with Crippen LogP contribution in [0.15, 0.2) is 0 Å². The molecule has 0 amide bonds. The first-order valence-corrected chi connectivity index (χ1v) is 8.76. The molecule has 0 heterocycles. The van der Waals surface area contributed by atoms with Gasteiger partial charge in [-0.15, -0.1) is 0 Å². The maximum atomic E-state index is 12.7. The van der Waals surface area contributed by atoms with Crippen molar-refractivity contribution in [1.82, 2.24) is 0 Å². The van der Waals surface area contributed by atoms with E-state index in [0.717, 1.165) is 44.9 Å². The Morgan fingerprint density at radius 1 is 1.23 bits per heavy atom. The van der Waals surface area contributed by atoms with Crippen LogP contribution in [0.3, 0.4) is 0 Å². The van der Waals surface area contributed by atoms with E-state index in [0.29, 0.717) is 12.5 Å². The van der Waals surface area contributed by atoms with E-state index >= 15 is 0 Å². The first-order chi connectivity index (χ1) is 10.4. The first kappa shape index (κ1) is 19.0. The molecule has 1 rings (SSSR count). The monoisotopic (exact) mass is 312 g/mol. The Morgan fingerprint density at radius 2 is 1.95 bits per heavy atom. The second kappa shape index (κ2) is 9.16. The summed E-state index contributed by atoms with van der Waals surface area (Å²) in [7, 11) is 0. The lowest BCUT2D eigenvalue weighted by atomic mass is 9.78. The molecule has 0 aromatic rings. The van der Waals surface area contributed by atoms with Crippen molar-refractivity contribution in [2.45, 2.75) is 85.2 Å². The molecule has 0 spiro atoms. The van der Waals surface area contributed by atoms with Gasteiger partial charge in [0.05, 0.1) is 6.61 Å². The topological polar surface area (TPSA) is 52.6 Å². The van der Waals surface area contributed by atoms with Crippen molar-refractivity contribution >= 4 is 11.9 Å². The number of esters is 2. The van der Waals surface area contributed by atoms with Crippen LogP contribution in [0.1, 0.15) is 79.1 Å². The quantitative estimate of drug-likeness (QED) is 0.471. The fraction of sp³-hybridized carbons (Fsp3) is 0.889. The molecular weight excluding hydrogens is 280 g/mol. The van der Waals surface area contributed by atoms with Crippen LogP contribution < -0.4 is 0 Å². The maximum Gasteiger partial charge on any atom is 0.315 e. The van der Waals surface area contributed by atoms with Crippen LogP contribution in [0.5, 0.6) is 0 Å². The van der Waals surface area contributed by atoms with Crippen molar-refractivity contribution in [3.05, 3.63) is 0 Å². The van der Waals surface area contributed by atoms with E-state index in [4.69, 9.17) is 9.47 Å². The Kier molecular flexibility index (Phi) is 7.91. The van der Waals surface area contributed by atoms with Crippen molar-refractivity contribution in [3.63, 3.8) is 0 Å². The van der Waals surface area contributed by atoms with Gasteiger partial charge in [-0.05, 0) is 31.6 Å². The zero-order chi connectivity index (χ0) is 16.6. The van der Waals surface area contributed by atoms with Crippen LogP contribution >= 0.6 is 0 Å². The van der Waals surface area contributed by atoms with Crippen molar-refractivity contribution in [2.75, 3.05) is 6.61 Å². The highest BCUT2D eigenvalue weighted by Gasteiger charge is 2.51. The molecule has 0 aromatic heterocycles. The molecule has 0 saturated heterocycles. The van der Waals surface area contributed by atoms with Crippen molar-refractivity contribution in [1.29, 1.82) is 0 Å². The molecule has 1 aliphatic carbocycles. The summed E-state index contributed by atoms with van der Waals surface area (Å²) in [5, 5.41) is 0. The molecule has 2 atom stereocenters. The largest absolute Gasteiger partial charge is 0.465 e. The molecule has 1 saturated carbocycles. The molecule has 0 aliphatic heterocycles. The lowest BCUT2D eigenvalue weighted by Crippen LogP contribution is -2.42. The van der Waals surface area contributed by atoms with Gasteiger partial charge in [-0.25, -0.2) is 0 Å². The van der Waals surface area contributed by atoms with Gasteiger partial charge < -0.3 is 9.47 Å². The van der Waals surface area contributed by atoms with E-state index in [9.17, 15) is 9.59 Å². The minimum Gasteiger partial charge on any atom is -0.465 e. The van der Waals surface area contributed by atoms with Crippen LogP contribution in [-0.4, -0.2) is 24.6 Å². The number of hydrogen-bond donors (Lipinski definition) is 0. The fourth-order valence-corrected chi connectivity index (χ4v) is 3.29. The van der Waals surface area contributed by atoms with Gasteiger partial charge in [-0.2, -0.15) is 0 Å². The van der Waals surface area contributed by atoms with Crippen LogP contribution in [0.25, 0.3) is 0 Å². The summed E-state index contributed by atoms with van der Waals surface area (Å²) in [5.41, 5.74) is -0.617. The molecule has 0 N–H and O–H groups in total. The molecule has 0 aromatic carbocycles. The third-order valence-electron chi connectivity index (χ3n) is 4.44. The summed E-state index contributed by atoms with van der Waals surface area (Å²) >= 11 is 0. The average Bonchev–Trinajstić information content (AvgIpc) is 2.84. The van der Waals surface area contributed by atoms with Crippen molar-refractivity contribution in [2.24, 2.45) is 11.3 Å². The van der Waals surface area contributed by atoms with E-state index in [1.807, 2.05) is 13.8 Å². The standard InChI is InChI=1S/C18H32O4/c1-5-6-7-8-11-18(17(20)21-13-14(2)3)12-9-10-16(18)22-15(4)19/h14,16H,5-13H2,1-4H3. The number of rotatable bonds is 9. The van der Waals surface area contributed by atoms with E-state index in [-0.39, 0.29) is 18.0 Å². The van der Waals surface area contributed by atoms with Gasteiger partial charge >= 0.3 is 11.9 Å². The predicted octanol–water partition coefficient (Wildman–Crippen LogP) is 4.26. The smallest absolute Gasteiger partial charge is 0.315 e. The molecule has 2 unspecified atom stereocenters. The van der Waals surface area contributed by atoms with E-state index in [1.165, 1.54) is 13.3 Å². The number of carbonyl (C=O) groups is 2. The number of ether oxygens (including phenoxy) is 2. The minimum atomic E-state index is -0.617. The molecule has 128 valence electrons. The van der Waals surface area contributed by atoms with Gasteiger partial charge in [0.15, 0.2) is 0 Å². The molecule has 1 aliphatic rings. The molecule has 0 radical (unpaired) electrons. The molecule has 1 fully saturated rings. The molecule has 4 nitrogen and oxygen atoms in total. The Hall–Kier alpha value is -1.06. The SMILES string of the molecule is CCCCCCC1(C(=O)OCC(C)C)CCCC1OC(C)=O. The Bertz CT molecular complexity index is 364. The summed E-state index contributed by atoms with van der Waals surface area (Å²) in [6, 6.07) is 0. The van der Waals surface area contributed by atoms with Crippen LogP contribution in [0.2, 0.25) is 0 Å². The lowest BCUT2D eigenvalue weighted by Gasteiger charge is -2.33. The van der Waals surface area contributed by atoms with Gasteiger partial charge in [-0.1, -0.05) is 46.5 Å². The van der Waals surface area contributed by atoms with Gasteiger partial charge in [0.2, 0.25) is 0 Å². The van der Waals surface area contributed by atoms with E-state index in [1.54, 1.807) is 0 Å². The van der Waals surface area contributed by atoms with Crippen LogP contribution in [0, 0.1) is 11.3 Å². The van der Waals surface area contributed by atoms with Crippen LogP contribution in [-0.2, 0) is 19.1 Å². The van der Waals surface area contributed by atoms with Crippen molar-refractivity contribution < 1.29 is 19.1 Å². The Balaban J connectivity index is 2.78. The Morgan fingerprint density at radius 3 is 2.55 bits per heavy atom. The predicted molar refractivity (Wildman–Crippen MR) is 86.4 cm³/mol. The maximum absolute atomic E-state index is 12.7. The highest BCUT2D eigenvalue weighted by Crippen LogP contribution is 2.45. The summed E-state index contributed by atoms with van der Waals surface area (Å²) < 4.78 is 11.0. The average molecular weight is 312 g/mol. The Labute approximate surface area is 134 Å². The zero-order valence-corrected chi connectivity index (χ0v) is 14.7. The number of hydrogen-bond acceptors (Lipinski definition) is 4. The van der Waals surface area contributed by atoms with Gasteiger partial charge in [0.25, 0.3) is 0 Å². The molecule has 0 bridgehead atoms. The first-order valence-electron chi connectivity index (χ1n) is 8.76. The third-order valence-corrected chi connectivity index (χ3v) is 4.44. The summed E-state index contributed by atoms with van der Waals surface area (Å²) in [5.74, 6) is -0.155.